The normalized spacial score (nSPS) is 33.4. The second kappa shape index (κ2) is 4.63. The van der Waals surface area contributed by atoms with Gasteiger partial charge in [0, 0.05) is 38.3 Å². The molecule has 0 bridgehead atoms. The first-order chi connectivity index (χ1) is 7.52. The van der Waals surface area contributed by atoms with E-state index in [4.69, 9.17) is 4.74 Å². The topological polar surface area (TPSA) is 15.7 Å². The molecular formula is C13H26N2O. The Morgan fingerprint density at radius 2 is 1.50 bits per heavy atom. The minimum Gasteiger partial charge on any atom is -0.371 e. The fourth-order valence-corrected chi connectivity index (χ4v) is 2.88. The molecule has 1 unspecified atom stereocenters. The summed E-state index contributed by atoms with van der Waals surface area (Å²) in [6.45, 7) is 14.6. The lowest BCUT2D eigenvalue weighted by Crippen LogP contribution is -2.55. The monoisotopic (exact) mass is 226 g/mol. The van der Waals surface area contributed by atoms with Crippen molar-refractivity contribution in [1.82, 2.24) is 9.80 Å². The van der Waals surface area contributed by atoms with Crippen LogP contribution in [0.4, 0.5) is 0 Å². The zero-order valence-corrected chi connectivity index (χ0v) is 11.2. The number of hydrogen-bond acceptors (Lipinski definition) is 3. The van der Waals surface area contributed by atoms with E-state index in [0.717, 1.165) is 26.2 Å². The predicted octanol–water partition coefficient (Wildman–Crippen LogP) is 1.58. The molecule has 2 aliphatic rings. The van der Waals surface area contributed by atoms with Crippen LogP contribution in [-0.4, -0.2) is 60.3 Å². The molecular weight excluding hydrogens is 200 g/mol. The number of hydrogen-bond donors (Lipinski definition) is 0. The van der Waals surface area contributed by atoms with Crippen molar-refractivity contribution in [3.05, 3.63) is 0 Å². The molecule has 0 amide bonds. The van der Waals surface area contributed by atoms with Crippen LogP contribution in [0.15, 0.2) is 0 Å². The van der Waals surface area contributed by atoms with Gasteiger partial charge in [-0.1, -0.05) is 0 Å². The summed E-state index contributed by atoms with van der Waals surface area (Å²) >= 11 is 0. The van der Waals surface area contributed by atoms with E-state index in [-0.39, 0.29) is 5.60 Å². The average Bonchev–Trinajstić information content (AvgIpc) is 2.62. The van der Waals surface area contributed by atoms with Crippen LogP contribution in [0, 0.1) is 0 Å². The molecule has 3 nitrogen and oxygen atoms in total. The molecule has 2 saturated heterocycles. The fraction of sp³-hybridized carbons (Fsp3) is 1.00. The fourth-order valence-electron chi connectivity index (χ4n) is 2.88. The molecule has 2 fully saturated rings. The molecule has 1 spiro atoms. The van der Waals surface area contributed by atoms with Gasteiger partial charge in [0.2, 0.25) is 0 Å². The minimum atomic E-state index is 0.132. The van der Waals surface area contributed by atoms with Crippen LogP contribution in [0.3, 0.4) is 0 Å². The third kappa shape index (κ3) is 2.41. The number of ether oxygens (including phenoxy) is 1. The van der Waals surface area contributed by atoms with Crippen molar-refractivity contribution in [3.63, 3.8) is 0 Å². The van der Waals surface area contributed by atoms with E-state index in [1.165, 1.54) is 13.0 Å². The van der Waals surface area contributed by atoms with E-state index in [1.54, 1.807) is 0 Å². The summed E-state index contributed by atoms with van der Waals surface area (Å²) in [7, 11) is 0. The first-order valence-electron chi connectivity index (χ1n) is 6.64. The van der Waals surface area contributed by atoms with Crippen LogP contribution in [-0.2, 0) is 4.74 Å². The van der Waals surface area contributed by atoms with Crippen LogP contribution in [0.2, 0.25) is 0 Å². The van der Waals surface area contributed by atoms with Gasteiger partial charge in [-0.15, -0.1) is 0 Å². The van der Waals surface area contributed by atoms with Gasteiger partial charge in [-0.2, -0.15) is 0 Å². The summed E-state index contributed by atoms with van der Waals surface area (Å²) < 4.78 is 6.10. The molecule has 3 heteroatoms. The van der Waals surface area contributed by atoms with Gasteiger partial charge in [-0.3, -0.25) is 9.80 Å². The van der Waals surface area contributed by atoms with E-state index in [1.807, 2.05) is 0 Å². The van der Waals surface area contributed by atoms with Crippen molar-refractivity contribution in [1.29, 1.82) is 0 Å². The molecule has 0 aliphatic carbocycles. The van der Waals surface area contributed by atoms with Crippen LogP contribution < -0.4 is 0 Å². The van der Waals surface area contributed by atoms with Crippen LogP contribution in [0.5, 0.6) is 0 Å². The molecule has 94 valence electrons. The SMILES string of the molecule is CC(C)N1CCOC2(CCN(C(C)C)C2)C1. The van der Waals surface area contributed by atoms with Gasteiger partial charge in [-0.05, 0) is 34.1 Å². The summed E-state index contributed by atoms with van der Waals surface area (Å²) in [6, 6.07) is 1.30. The number of nitrogens with zero attached hydrogens (tertiary/aromatic N) is 2. The first-order valence-corrected chi connectivity index (χ1v) is 6.64. The Kier molecular flexibility index (Phi) is 3.57. The molecule has 2 rings (SSSR count). The summed E-state index contributed by atoms with van der Waals surface area (Å²) in [5.41, 5.74) is 0.132. The number of morpholine rings is 1. The Hall–Kier alpha value is -0.120. The third-order valence-electron chi connectivity index (χ3n) is 4.08. The summed E-state index contributed by atoms with van der Waals surface area (Å²) in [5.74, 6) is 0. The lowest BCUT2D eigenvalue weighted by atomic mass is 10.00. The van der Waals surface area contributed by atoms with E-state index in [9.17, 15) is 0 Å². The Bertz CT molecular complexity index is 242. The van der Waals surface area contributed by atoms with Crippen molar-refractivity contribution in [2.45, 2.75) is 51.8 Å². The van der Waals surface area contributed by atoms with Crippen molar-refractivity contribution in [2.75, 3.05) is 32.8 Å². The Balaban J connectivity index is 1.98. The molecule has 2 aliphatic heterocycles. The van der Waals surface area contributed by atoms with Gasteiger partial charge in [-0.25, -0.2) is 0 Å². The first kappa shape index (κ1) is 12.3. The molecule has 2 heterocycles. The highest BCUT2D eigenvalue weighted by molar-refractivity contribution is 4.97. The van der Waals surface area contributed by atoms with Gasteiger partial charge in [0.25, 0.3) is 0 Å². The number of rotatable bonds is 2. The summed E-state index contributed by atoms with van der Waals surface area (Å²) in [6.07, 6.45) is 1.20. The molecule has 0 radical (unpaired) electrons. The Labute approximate surface area is 99.7 Å². The van der Waals surface area contributed by atoms with E-state index in [0.29, 0.717) is 12.1 Å². The smallest absolute Gasteiger partial charge is 0.0947 e. The van der Waals surface area contributed by atoms with Crippen molar-refractivity contribution < 1.29 is 4.74 Å². The third-order valence-corrected chi connectivity index (χ3v) is 4.08. The molecule has 16 heavy (non-hydrogen) atoms. The maximum atomic E-state index is 6.10. The molecule has 0 N–H and O–H groups in total. The van der Waals surface area contributed by atoms with Crippen molar-refractivity contribution >= 4 is 0 Å². The predicted molar refractivity (Wildman–Crippen MR) is 66.7 cm³/mol. The lowest BCUT2D eigenvalue weighted by molar-refractivity contribution is -0.109. The largest absolute Gasteiger partial charge is 0.371 e. The van der Waals surface area contributed by atoms with Crippen molar-refractivity contribution in [3.8, 4) is 0 Å². The average molecular weight is 226 g/mol. The van der Waals surface area contributed by atoms with Gasteiger partial charge in [0.1, 0.15) is 0 Å². The Morgan fingerprint density at radius 3 is 2.00 bits per heavy atom. The van der Waals surface area contributed by atoms with Gasteiger partial charge in [0.15, 0.2) is 0 Å². The lowest BCUT2D eigenvalue weighted by Gasteiger charge is -2.42. The molecule has 0 saturated carbocycles. The maximum absolute atomic E-state index is 6.10. The summed E-state index contributed by atoms with van der Waals surface area (Å²) in [5, 5.41) is 0. The molecule has 0 aromatic rings. The standard InChI is InChI=1S/C13H26N2O/c1-11(2)14-6-5-13(9-14)10-15(12(3)4)7-8-16-13/h11-12H,5-10H2,1-4H3. The minimum absolute atomic E-state index is 0.132. The maximum Gasteiger partial charge on any atom is 0.0947 e. The van der Waals surface area contributed by atoms with Crippen molar-refractivity contribution in [2.24, 2.45) is 0 Å². The zero-order valence-electron chi connectivity index (χ0n) is 11.2. The van der Waals surface area contributed by atoms with Gasteiger partial charge in [0.05, 0.1) is 12.2 Å². The number of likely N-dealkylation sites (tertiary alicyclic amines) is 1. The second-order valence-corrected chi connectivity index (χ2v) is 5.91. The van der Waals surface area contributed by atoms with Crippen LogP contribution in [0.1, 0.15) is 34.1 Å². The van der Waals surface area contributed by atoms with Gasteiger partial charge >= 0.3 is 0 Å². The Morgan fingerprint density at radius 1 is 0.938 bits per heavy atom. The highest BCUT2D eigenvalue weighted by atomic mass is 16.5. The quantitative estimate of drug-likeness (QED) is 0.711. The van der Waals surface area contributed by atoms with Crippen LogP contribution in [0.25, 0.3) is 0 Å². The summed E-state index contributed by atoms with van der Waals surface area (Å²) in [4.78, 5) is 5.11. The highest BCUT2D eigenvalue weighted by Gasteiger charge is 2.43. The second-order valence-electron chi connectivity index (χ2n) is 5.91. The van der Waals surface area contributed by atoms with Gasteiger partial charge < -0.3 is 4.74 Å². The molecule has 0 aromatic heterocycles. The van der Waals surface area contributed by atoms with E-state index in [2.05, 4.69) is 37.5 Å². The highest BCUT2D eigenvalue weighted by Crippen LogP contribution is 2.30. The molecule has 0 aromatic carbocycles. The zero-order chi connectivity index (χ0) is 11.8. The van der Waals surface area contributed by atoms with E-state index < -0.39 is 0 Å². The molecule has 1 atom stereocenters. The van der Waals surface area contributed by atoms with Crippen LogP contribution >= 0.6 is 0 Å². The van der Waals surface area contributed by atoms with E-state index >= 15 is 0 Å².